The Kier molecular flexibility index (Phi) is 24.9. The topological polar surface area (TPSA) is 7.76 Å². The summed E-state index contributed by atoms with van der Waals surface area (Å²) in [5, 5.41) is 0. The van der Waals surface area contributed by atoms with Crippen molar-refractivity contribution in [1.29, 1.82) is 0 Å². The van der Waals surface area contributed by atoms with Gasteiger partial charge in [-0.1, -0.05) is 104 Å². The maximum absolute atomic E-state index is 2.34. The van der Waals surface area contributed by atoms with Gasteiger partial charge >= 0.3 is 0 Å². The quantitative estimate of drug-likeness (QED) is 0.107. The fourth-order valence-electron chi connectivity index (χ4n) is 4.81. The van der Waals surface area contributed by atoms with Crippen LogP contribution in [0, 0.1) is 0 Å². The predicted octanol–water partition coefficient (Wildman–Crippen LogP) is 3.00. The van der Waals surface area contributed by atoms with Crippen LogP contribution in [0.3, 0.4) is 0 Å². The van der Waals surface area contributed by atoms with E-state index in [1.807, 2.05) is 0 Å². The Morgan fingerprint density at radius 3 is 0.917 bits per heavy atom. The normalized spacial score (nSPS) is 10.6. The molecular weight excluding hydrogens is 666 g/mol. The molecule has 0 unspecified atom stereocenters. The molecule has 2 nitrogen and oxygen atoms in total. The largest absolute Gasteiger partial charge is 1.00 e. The lowest BCUT2D eigenvalue weighted by Crippen LogP contribution is -3.00. The van der Waals surface area contributed by atoms with E-state index in [2.05, 4.69) is 72.0 Å². The molecule has 0 radical (unpaired) electrons. The Bertz CT molecular complexity index is 652. The molecule has 2 heterocycles. The minimum Gasteiger partial charge on any atom is -1.00 e. The number of rotatable bonds is 21. The number of hydrogen-bond donors (Lipinski definition) is 0. The molecule has 0 aliphatic carbocycles. The SMILES string of the molecule is CCCCCCCCCCC[n+]1ccc(-c2cc[n+](CCCCCCCCCCC)cc2)cc1.[I-].[I-]. The zero-order valence-electron chi connectivity index (χ0n) is 23.4. The molecule has 0 aliphatic rings. The number of halogens is 2. The van der Waals surface area contributed by atoms with Crippen LogP contribution >= 0.6 is 0 Å². The molecule has 0 bridgehead atoms. The number of aryl methyl sites for hydroxylation is 2. The zero-order valence-corrected chi connectivity index (χ0v) is 27.7. The van der Waals surface area contributed by atoms with Gasteiger partial charge in [-0.05, 0) is 24.0 Å². The molecule has 4 heteroatoms. The van der Waals surface area contributed by atoms with Gasteiger partial charge < -0.3 is 48.0 Å². The third-order valence-corrected chi connectivity index (χ3v) is 7.16. The average Bonchev–Trinajstić information content (AvgIpc) is 2.87. The Labute approximate surface area is 258 Å². The first kappa shape index (κ1) is 35.8. The molecule has 0 atom stereocenters. The second-order valence-corrected chi connectivity index (χ2v) is 10.3. The number of hydrogen-bond acceptors (Lipinski definition) is 0. The molecule has 0 fully saturated rings. The van der Waals surface area contributed by atoms with E-state index in [-0.39, 0.29) is 48.0 Å². The maximum atomic E-state index is 2.34. The molecule has 0 aliphatic heterocycles. The van der Waals surface area contributed by atoms with Crippen molar-refractivity contribution in [3.8, 4) is 11.1 Å². The molecule has 0 saturated carbocycles. The van der Waals surface area contributed by atoms with E-state index < -0.39 is 0 Å². The van der Waals surface area contributed by atoms with Gasteiger partial charge in [-0.3, -0.25) is 0 Å². The molecule has 2 aromatic heterocycles. The van der Waals surface area contributed by atoms with E-state index in [1.54, 1.807) is 0 Å². The first-order valence-electron chi connectivity index (χ1n) is 14.8. The van der Waals surface area contributed by atoms with Crippen molar-refractivity contribution in [3.63, 3.8) is 0 Å². The van der Waals surface area contributed by atoms with Gasteiger partial charge in [0.1, 0.15) is 13.1 Å². The van der Waals surface area contributed by atoms with Crippen molar-refractivity contribution in [2.24, 2.45) is 0 Å². The lowest BCUT2D eigenvalue weighted by Gasteiger charge is -2.03. The monoisotopic (exact) mass is 720 g/mol. The molecule has 0 spiro atoms. The third-order valence-electron chi connectivity index (χ3n) is 7.16. The van der Waals surface area contributed by atoms with E-state index in [0.717, 1.165) is 13.1 Å². The predicted molar refractivity (Wildman–Crippen MR) is 147 cm³/mol. The summed E-state index contributed by atoms with van der Waals surface area (Å²) >= 11 is 0. The minimum atomic E-state index is 0. The number of pyridine rings is 2. The van der Waals surface area contributed by atoms with Gasteiger partial charge in [0.15, 0.2) is 24.8 Å². The summed E-state index contributed by atoms with van der Waals surface area (Å²) in [6.07, 6.45) is 34.1. The van der Waals surface area contributed by atoms with Crippen molar-refractivity contribution in [2.45, 2.75) is 143 Å². The zero-order chi connectivity index (χ0) is 24.1. The van der Waals surface area contributed by atoms with Crippen LogP contribution < -0.4 is 57.1 Å². The van der Waals surface area contributed by atoms with Crippen LogP contribution in [-0.4, -0.2) is 0 Å². The maximum Gasteiger partial charge on any atom is 0.169 e. The molecule has 36 heavy (non-hydrogen) atoms. The summed E-state index contributed by atoms with van der Waals surface area (Å²) in [5.74, 6) is 0. The average molecular weight is 721 g/mol. The molecule has 0 saturated heterocycles. The van der Waals surface area contributed by atoms with E-state index in [9.17, 15) is 0 Å². The Morgan fingerprint density at radius 1 is 0.389 bits per heavy atom. The van der Waals surface area contributed by atoms with Gasteiger partial charge in [-0.2, -0.15) is 0 Å². The second kappa shape index (κ2) is 25.1. The van der Waals surface area contributed by atoms with Crippen molar-refractivity contribution >= 4 is 0 Å². The fourth-order valence-corrected chi connectivity index (χ4v) is 4.81. The molecule has 2 rings (SSSR count). The van der Waals surface area contributed by atoms with Crippen LogP contribution in [-0.2, 0) is 13.1 Å². The smallest absolute Gasteiger partial charge is 0.169 e. The lowest BCUT2D eigenvalue weighted by molar-refractivity contribution is -0.697. The highest BCUT2D eigenvalue weighted by Crippen LogP contribution is 2.16. The van der Waals surface area contributed by atoms with Crippen molar-refractivity contribution in [1.82, 2.24) is 0 Å². The molecule has 0 amide bonds. The fraction of sp³-hybridized carbons (Fsp3) is 0.688. The highest BCUT2D eigenvalue weighted by molar-refractivity contribution is 5.60. The molecule has 0 aromatic carbocycles. The standard InChI is InChI=1S/C32H54N2.2HI/c1-3-5-7-9-11-13-15-17-19-25-33-27-21-31(22-28-33)32-23-29-34(30-24-32)26-20-18-16-14-12-10-8-6-4-2;;/h21-24,27-30H,3-20,25-26H2,1-2H3;2*1H/q+2;;/p-2. The van der Waals surface area contributed by atoms with Crippen molar-refractivity contribution in [2.75, 3.05) is 0 Å². The minimum absolute atomic E-state index is 0. The van der Waals surface area contributed by atoms with E-state index in [0.29, 0.717) is 0 Å². The number of aromatic nitrogens is 2. The van der Waals surface area contributed by atoms with Crippen LogP contribution in [0.4, 0.5) is 0 Å². The summed E-state index contributed by atoms with van der Waals surface area (Å²) in [6, 6.07) is 9.09. The summed E-state index contributed by atoms with van der Waals surface area (Å²) in [4.78, 5) is 0. The van der Waals surface area contributed by atoms with Gasteiger partial charge in [0.2, 0.25) is 0 Å². The van der Waals surface area contributed by atoms with Crippen molar-refractivity contribution in [3.05, 3.63) is 49.1 Å². The summed E-state index contributed by atoms with van der Waals surface area (Å²) in [5.41, 5.74) is 2.64. The van der Waals surface area contributed by atoms with Crippen LogP contribution in [0.15, 0.2) is 49.1 Å². The van der Waals surface area contributed by atoms with E-state index in [1.165, 1.54) is 127 Å². The van der Waals surface area contributed by atoms with Crippen LogP contribution in [0.25, 0.3) is 11.1 Å². The van der Waals surface area contributed by atoms with Gasteiger partial charge in [-0.15, -0.1) is 0 Å². The second-order valence-electron chi connectivity index (χ2n) is 10.3. The van der Waals surface area contributed by atoms with Gasteiger partial charge in [-0.25, -0.2) is 9.13 Å². The summed E-state index contributed by atoms with van der Waals surface area (Å²) in [6.45, 7) is 6.87. The third kappa shape index (κ3) is 17.3. The number of nitrogens with zero attached hydrogens (tertiary/aromatic N) is 2. The molecular formula is C32H54I2N2. The van der Waals surface area contributed by atoms with Gasteiger partial charge in [0, 0.05) is 37.1 Å². The van der Waals surface area contributed by atoms with Crippen LogP contribution in [0.5, 0.6) is 0 Å². The number of unbranched alkanes of at least 4 members (excludes halogenated alkanes) is 16. The summed E-state index contributed by atoms with van der Waals surface area (Å²) < 4.78 is 4.69. The van der Waals surface area contributed by atoms with Crippen molar-refractivity contribution < 1.29 is 57.1 Å². The molecule has 2 aromatic rings. The Hall–Kier alpha value is -0.240. The highest BCUT2D eigenvalue weighted by Gasteiger charge is 2.06. The van der Waals surface area contributed by atoms with Gasteiger partial charge in [0.05, 0.1) is 0 Å². The van der Waals surface area contributed by atoms with Gasteiger partial charge in [0.25, 0.3) is 0 Å². The molecule has 206 valence electrons. The molecule has 0 N–H and O–H groups in total. The van der Waals surface area contributed by atoms with E-state index in [4.69, 9.17) is 0 Å². The Balaban J connectivity index is 0.00000612. The highest BCUT2D eigenvalue weighted by atomic mass is 127. The first-order valence-corrected chi connectivity index (χ1v) is 14.8. The first-order chi connectivity index (χ1) is 16.8. The lowest BCUT2D eigenvalue weighted by atomic mass is 10.1. The van der Waals surface area contributed by atoms with Crippen LogP contribution in [0.1, 0.15) is 129 Å². The van der Waals surface area contributed by atoms with Crippen LogP contribution in [0.2, 0.25) is 0 Å². The Morgan fingerprint density at radius 2 is 0.639 bits per heavy atom. The van der Waals surface area contributed by atoms with E-state index >= 15 is 0 Å². The summed E-state index contributed by atoms with van der Waals surface area (Å²) in [7, 11) is 0.